The maximum Gasteiger partial charge on any atom is 0.280 e. The quantitative estimate of drug-likeness (QED) is 0.914. The molecule has 19 heavy (non-hydrogen) atoms. The number of benzene rings is 1. The second-order valence-electron chi connectivity index (χ2n) is 5.20. The fourth-order valence-corrected chi connectivity index (χ4v) is 2.70. The van der Waals surface area contributed by atoms with Gasteiger partial charge in [0.2, 0.25) is 0 Å². The molecule has 5 heteroatoms. The lowest BCUT2D eigenvalue weighted by Crippen LogP contribution is -2.12. The van der Waals surface area contributed by atoms with Crippen LogP contribution in [0.3, 0.4) is 0 Å². The number of rotatable bonds is 3. The van der Waals surface area contributed by atoms with E-state index in [4.69, 9.17) is 21.4 Å². The van der Waals surface area contributed by atoms with E-state index in [0.29, 0.717) is 15.2 Å². The molecule has 0 amide bonds. The van der Waals surface area contributed by atoms with E-state index >= 15 is 0 Å². The average Bonchev–Trinajstić information content (AvgIpc) is 2.69. The molecule has 3 nitrogen and oxygen atoms in total. The molecule has 2 rings (SSSR count). The minimum absolute atomic E-state index is 0.0164. The predicted octanol–water partition coefficient (Wildman–Crippen LogP) is 4.38. The molecule has 0 spiro atoms. The number of ether oxygens (including phenoxy) is 1. The van der Waals surface area contributed by atoms with Gasteiger partial charge in [-0.25, -0.2) is 0 Å². The van der Waals surface area contributed by atoms with Crippen LogP contribution in [0.2, 0.25) is 5.15 Å². The predicted molar refractivity (Wildman–Crippen MR) is 78.3 cm³/mol. The van der Waals surface area contributed by atoms with E-state index in [1.807, 2.05) is 24.3 Å². The van der Waals surface area contributed by atoms with Crippen LogP contribution in [0.25, 0.3) is 0 Å². The monoisotopic (exact) mass is 297 g/mol. The molecule has 2 aromatic rings. The van der Waals surface area contributed by atoms with Crippen molar-refractivity contribution in [1.82, 2.24) is 4.98 Å². The van der Waals surface area contributed by atoms with Crippen molar-refractivity contribution >= 4 is 22.9 Å². The highest BCUT2D eigenvalue weighted by Gasteiger charge is 2.20. The van der Waals surface area contributed by atoms with Crippen LogP contribution in [0.5, 0.6) is 10.9 Å². The van der Waals surface area contributed by atoms with Gasteiger partial charge in [-0.05, 0) is 11.5 Å². The number of aromatic nitrogens is 1. The number of thiazole rings is 1. The van der Waals surface area contributed by atoms with E-state index in [1.165, 1.54) is 11.3 Å². The van der Waals surface area contributed by atoms with Crippen molar-refractivity contribution in [2.24, 2.45) is 0 Å². The maximum atomic E-state index is 9.11. The van der Waals surface area contributed by atoms with E-state index in [1.54, 1.807) is 0 Å². The molecular weight excluding hydrogens is 282 g/mol. The molecule has 0 bridgehead atoms. The van der Waals surface area contributed by atoms with Crippen LogP contribution in [-0.2, 0) is 12.0 Å². The highest BCUT2D eigenvalue weighted by Crippen LogP contribution is 2.37. The third kappa shape index (κ3) is 3.26. The summed E-state index contributed by atoms with van der Waals surface area (Å²) in [6.07, 6.45) is 0. The fraction of sp³-hybridized carbons (Fsp3) is 0.357. The molecule has 0 unspecified atom stereocenters. The van der Waals surface area contributed by atoms with Gasteiger partial charge >= 0.3 is 0 Å². The number of aliphatic hydroxyl groups is 1. The van der Waals surface area contributed by atoms with Crippen molar-refractivity contribution in [3.63, 3.8) is 0 Å². The Balaban J connectivity index is 2.33. The van der Waals surface area contributed by atoms with Crippen LogP contribution in [-0.4, -0.2) is 10.1 Å². The van der Waals surface area contributed by atoms with Gasteiger partial charge in [0.25, 0.3) is 5.19 Å². The molecular formula is C14H16ClNO2S. The topological polar surface area (TPSA) is 42.4 Å². The van der Waals surface area contributed by atoms with Gasteiger partial charge in [0.1, 0.15) is 10.9 Å². The number of para-hydroxylation sites is 1. The summed E-state index contributed by atoms with van der Waals surface area (Å²) in [5, 5.41) is 9.86. The summed E-state index contributed by atoms with van der Waals surface area (Å²) < 4.78 is 5.81. The van der Waals surface area contributed by atoms with Crippen LogP contribution in [0.1, 0.15) is 31.2 Å². The van der Waals surface area contributed by atoms with Crippen LogP contribution < -0.4 is 4.74 Å². The Labute approximate surface area is 121 Å². The lowest BCUT2D eigenvalue weighted by Gasteiger charge is -2.21. The summed E-state index contributed by atoms with van der Waals surface area (Å²) in [5.74, 6) is 0.768. The Kier molecular flexibility index (Phi) is 4.13. The second kappa shape index (κ2) is 5.49. The summed E-state index contributed by atoms with van der Waals surface area (Å²) in [7, 11) is 0. The van der Waals surface area contributed by atoms with Crippen molar-refractivity contribution in [1.29, 1.82) is 0 Å². The largest absolute Gasteiger partial charge is 0.431 e. The number of hydrogen-bond donors (Lipinski definition) is 1. The Bertz CT molecular complexity index is 575. The zero-order valence-electron chi connectivity index (χ0n) is 11.1. The molecule has 0 aliphatic heterocycles. The average molecular weight is 298 g/mol. The van der Waals surface area contributed by atoms with E-state index < -0.39 is 0 Å². The molecule has 1 heterocycles. The molecule has 0 aliphatic carbocycles. The summed E-state index contributed by atoms with van der Waals surface area (Å²) in [4.78, 5) is 4.72. The minimum Gasteiger partial charge on any atom is -0.431 e. The van der Waals surface area contributed by atoms with E-state index in [2.05, 4.69) is 25.8 Å². The number of hydrogen-bond acceptors (Lipinski definition) is 4. The Hall–Kier alpha value is -1.10. The third-order valence-electron chi connectivity index (χ3n) is 2.67. The van der Waals surface area contributed by atoms with Crippen LogP contribution in [0, 0.1) is 0 Å². The fourth-order valence-electron chi connectivity index (χ4n) is 1.72. The SMILES string of the molecule is CC(C)(C)c1ccccc1Oc1nc(Cl)c(CO)s1. The first-order chi connectivity index (χ1) is 8.91. The third-order valence-corrected chi connectivity index (χ3v) is 4.01. The van der Waals surface area contributed by atoms with E-state index in [9.17, 15) is 0 Å². The van der Waals surface area contributed by atoms with Gasteiger partial charge in [-0.3, -0.25) is 0 Å². The second-order valence-corrected chi connectivity index (χ2v) is 6.60. The Morgan fingerprint density at radius 2 is 2.00 bits per heavy atom. The normalized spacial score (nSPS) is 11.6. The highest BCUT2D eigenvalue weighted by atomic mass is 35.5. The zero-order valence-corrected chi connectivity index (χ0v) is 12.7. The van der Waals surface area contributed by atoms with Crippen LogP contribution >= 0.6 is 22.9 Å². The standard InChI is InChI=1S/C14H16ClNO2S/c1-14(2,3)9-6-4-5-7-10(9)18-13-16-12(15)11(8-17)19-13/h4-7,17H,8H2,1-3H3. The first-order valence-electron chi connectivity index (χ1n) is 5.95. The van der Waals surface area contributed by atoms with Gasteiger partial charge in [-0.2, -0.15) is 4.98 Å². The molecule has 0 saturated heterocycles. The number of nitrogens with zero attached hydrogens (tertiary/aromatic N) is 1. The first kappa shape index (κ1) is 14.3. The van der Waals surface area contributed by atoms with Crippen molar-refractivity contribution in [3.8, 4) is 10.9 Å². The van der Waals surface area contributed by atoms with E-state index in [-0.39, 0.29) is 12.0 Å². The maximum absolute atomic E-state index is 9.11. The molecule has 0 fully saturated rings. The van der Waals surface area contributed by atoms with Gasteiger partial charge in [0.15, 0.2) is 0 Å². The van der Waals surface area contributed by atoms with Crippen LogP contribution in [0.4, 0.5) is 0 Å². The van der Waals surface area contributed by atoms with Crippen molar-refractivity contribution < 1.29 is 9.84 Å². The lowest BCUT2D eigenvalue weighted by molar-refractivity contribution is 0.285. The summed E-state index contributed by atoms with van der Waals surface area (Å²) in [6.45, 7) is 6.26. The smallest absolute Gasteiger partial charge is 0.280 e. The number of halogens is 1. The van der Waals surface area contributed by atoms with E-state index in [0.717, 1.165) is 11.3 Å². The van der Waals surface area contributed by atoms with Gasteiger partial charge in [-0.15, -0.1) is 0 Å². The highest BCUT2D eigenvalue weighted by molar-refractivity contribution is 7.13. The first-order valence-corrected chi connectivity index (χ1v) is 7.14. The molecule has 102 valence electrons. The van der Waals surface area contributed by atoms with Gasteiger partial charge in [0, 0.05) is 5.56 Å². The Morgan fingerprint density at radius 1 is 1.32 bits per heavy atom. The molecule has 0 radical (unpaired) electrons. The Morgan fingerprint density at radius 3 is 2.58 bits per heavy atom. The number of aliphatic hydroxyl groups excluding tert-OH is 1. The van der Waals surface area contributed by atoms with Crippen molar-refractivity contribution in [2.75, 3.05) is 0 Å². The lowest BCUT2D eigenvalue weighted by atomic mass is 9.86. The molecule has 0 atom stereocenters. The molecule has 1 N–H and O–H groups in total. The summed E-state index contributed by atoms with van der Waals surface area (Å²) in [5.41, 5.74) is 1.09. The molecule has 1 aromatic carbocycles. The van der Waals surface area contributed by atoms with Gasteiger partial charge < -0.3 is 9.84 Å². The van der Waals surface area contributed by atoms with Crippen molar-refractivity contribution in [2.45, 2.75) is 32.8 Å². The van der Waals surface area contributed by atoms with Crippen LogP contribution in [0.15, 0.2) is 24.3 Å². The summed E-state index contributed by atoms with van der Waals surface area (Å²) >= 11 is 7.16. The van der Waals surface area contributed by atoms with Gasteiger partial charge in [-0.1, -0.05) is 61.9 Å². The molecule has 1 aromatic heterocycles. The molecule has 0 saturated carbocycles. The van der Waals surface area contributed by atoms with Crippen molar-refractivity contribution in [3.05, 3.63) is 39.9 Å². The molecule has 0 aliphatic rings. The summed E-state index contributed by atoms with van der Waals surface area (Å²) in [6, 6.07) is 7.86. The minimum atomic E-state index is -0.124. The zero-order chi connectivity index (χ0) is 14.0. The van der Waals surface area contributed by atoms with Gasteiger partial charge in [0.05, 0.1) is 11.5 Å².